The van der Waals surface area contributed by atoms with E-state index in [0.29, 0.717) is 11.9 Å². The van der Waals surface area contributed by atoms with Crippen molar-refractivity contribution in [3.8, 4) is 6.07 Å². The summed E-state index contributed by atoms with van der Waals surface area (Å²) < 4.78 is 37.5. The number of nitriles is 1. The highest BCUT2D eigenvalue weighted by Gasteiger charge is 2.31. The number of aromatic nitrogens is 2. The molecule has 24 heavy (non-hydrogen) atoms. The first-order chi connectivity index (χ1) is 11.3. The number of H-pyrrole nitrogens is 1. The zero-order chi connectivity index (χ0) is 17.7. The van der Waals surface area contributed by atoms with Crippen LogP contribution in [0.15, 0.2) is 29.3 Å². The molecule has 126 valence electrons. The molecule has 0 fully saturated rings. The summed E-state index contributed by atoms with van der Waals surface area (Å²) >= 11 is 5.77. The Kier molecular flexibility index (Phi) is 5.31. The van der Waals surface area contributed by atoms with Gasteiger partial charge in [0.2, 0.25) is 0 Å². The molecule has 0 aliphatic carbocycles. The smallest absolute Gasteiger partial charge is 0.382 e. The fourth-order valence-corrected chi connectivity index (χ4v) is 2.07. The molecule has 2 heterocycles. The number of pyridine rings is 2. The van der Waals surface area contributed by atoms with Crippen molar-refractivity contribution in [3.63, 3.8) is 0 Å². The van der Waals surface area contributed by atoms with E-state index in [9.17, 15) is 18.0 Å². The van der Waals surface area contributed by atoms with Gasteiger partial charge in [-0.25, -0.2) is 4.98 Å². The topological polar surface area (TPSA) is 93.6 Å². The van der Waals surface area contributed by atoms with Gasteiger partial charge in [0.05, 0.1) is 16.3 Å². The van der Waals surface area contributed by atoms with Gasteiger partial charge in [0.15, 0.2) is 0 Å². The van der Waals surface area contributed by atoms with Gasteiger partial charge in [-0.3, -0.25) is 4.79 Å². The molecule has 3 N–H and O–H groups in total. The van der Waals surface area contributed by atoms with Crippen LogP contribution in [0.3, 0.4) is 0 Å². The number of hydrogen-bond donors (Lipinski definition) is 3. The van der Waals surface area contributed by atoms with Crippen molar-refractivity contribution < 1.29 is 13.2 Å². The maximum Gasteiger partial charge on any atom is 0.417 e. The molecule has 2 rings (SSSR count). The highest BCUT2D eigenvalue weighted by molar-refractivity contribution is 6.32. The Morgan fingerprint density at radius 2 is 2.04 bits per heavy atom. The molecule has 0 atom stereocenters. The van der Waals surface area contributed by atoms with Crippen molar-refractivity contribution in [2.45, 2.75) is 6.18 Å². The molecule has 0 radical (unpaired) electrons. The van der Waals surface area contributed by atoms with Gasteiger partial charge in [0.25, 0.3) is 5.56 Å². The average Bonchev–Trinajstić information content (AvgIpc) is 2.52. The molecule has 0 aliphatic heterocycles. The molecule has 10 heteroatoms. The number of hydrogen-bond acceptors (Lipinski definition) is 5. The molecule has 2 aromatic heterocycles. The molecule has 0 unspecified atom stereocenters. The molecule has 0 aromatic carbocycles. The lowest BCUT2D eigenvalue weighted by molar-refractivity contribution is -0.137. The van der Waals surface area contributed by atoms with E-state index in [4.69, 9.17) is 16.9 Å². The van der Waals surface area contributed by atoms with Gasteiger partial charge in [0.1, 0.15) is 17.5 Å². The summed E-state index contributed by atoms with van der Waals surface area (Å²) in [6.07, 6.45) is -2.43. The molecule has 0 aliphatic rings. The molecule has 0 saturated carbocycles. The van der Waals surface area contributed by atoms with Crippen molar-refractivity contribution in [1.29, 1.82) is 5.26 Å². The van der Waals surface area contributed by atoms with Gasteiger partial charge in [-0.2, -0.15) is 18.4 Å². The third-order valence-electron chi connectivity index (χ3n) is 2.97. The number of aromatic amines is 1. The minimum atomic E-state index is -4.51. The SMILES string of the molecule is N#Cc1c(NCCNc2ncc(C(F)(F)F)cc2Cl)cc[nH]c1=O. The third kappa shape index (κ3) is 4.17. The van der Waals surface area contributed by atoms with Crippen LogP contribution in [0.1, 0.15) is 11.1 Å². The van der Waals surface area contributed by atoms with Crippen LogP contribution >= 0.6 is 11.6 Å². The van der Waals surface area contributed by atoms with Gasteiger partial charge < -0.3 is 15.6 Å². The Morgan fingerprint density at radius 3 is 2.67 bits per heavy atom. The standard InChI is InChI=1S/C14H11ClF3N5O/c15-10-5-8(14(16,17)18)7-23-12(10)21-4-3-20-11-1-2-22-13(24)9(11)6-19/h1-2,5,7H,3-4H2,(H,21,23)(H2,20,22,24). The Bertz CT molecular complexity index is 828. The zero-order valence-electron chi connectivity index (χ0n) is 12.0. The van der Waals surface area contributed by atoms with Crippen LogP contribution in [-0.4, -0.2) is 23.1 Å². The molecule has 2 aromatic rings. The first kappa shape index (κ1) is 17.6. The lowest BCUT2D eigenvalue weighted by Gasteiger charge is -2.12. The number of nitrogens with zero attached hydrogens (tertiary/aromatic N) is 2. The van der Waals surface area contributed by atoms with Crippen LogP contribution in [0.2, 0.25) is 5.02 Å². The summed E-state index contributed by atoms with van der Waals surface area (Å²) in [5.41, 5.74) is -1.14. The predicted octanol–water partition coefficient (Wildman–Crippen LogP) is 2.84. The lowest BCUT2D eigenvalue weighted by atomic mass is 10.2. The Hall–Kier alpha value is -2.73. The van der Waals surface area contributed by atoms with Crippen molar-refractivity contribution in [1.82, 2.24) is 9.97 Å². The summed E-state index contributed by atoms with van der Waals surface area (Å²) in [6, 6.07) is 4.10. The monoisotopic (exact) mass is 357 g/mol. The highest BCUT2D eigenvalue weighted by atomic mass is 35.5. The second-order valence-corrected chi connectivity index (χ2v) is 5.02. The highest BCUT2D eigenvalue weighted by Crippen LogP contribution is 2.32. The van der Waals surface area contributed by atoms with Crippen LogP contribution in [0.25, 0.3) is 0 Å². The third-order valence-corrected chi connectivity index (χ3v) is 3.26. The minimum Gasteiger partial charge on any atom is -0.382 e. The van der Waals surface area contributed by atoms with Crippen molar-refractivity contribution in [2.75, 3.05) is 23.7 Å². The van der Waals surface area contributed by atoms with Crippen molar-refractivity contribution in [3.05, 3.63) is 51.0 Å². The summed E-state index contributed by atoms with van der Waals surface area (Å²) in [5, 5.41) is 14.4. The molecular weight excluding hydrogens is 347 g/mol. The van der Waals surface area contributed by atoms with E-state index in [1.807, 2.05) is 0 Å². The maximum atomic E-state index is 12.5. The fraction of sp³-hybridized carbons (Fsp3) is 0.214. The van der Waals surface area contributed by atoms with E-state index < -0.39 is 17.3 Å². The first-order valence-electron chi connectivity index (χ1n) is 6.65. The van der Waals surface area contributed by atoms with Gasteiger partial charge in [-0.15, -0.1) is 0 Å². The van der Waals surface area contributed by atoms with E-state index in [1.54, 1.807) is 6.07 Å². The first-order valence-corrected chi connectivity index (χ1v) is 7.03. The van der Waals surface area contributed by atoms with Crippen molar-refractivity contribution >= 4 is 23.1 Å². The van der Waals surface area contributed by atoms with Crippen molar-refractivity contribution in [2.24, 2.45) is 0 Å². The summed E-state index contributed by atoms with van der Waals surface area (Å²) in [4.78, 5) is 17.4. The van der Waals surface area contributed by atoms with E-state index in [2.05, 4.69) is 20.6 Å². The lowest BCUT2D eigenvalue weighted by Crippen LogP contribution is -2.18. The second kappa shape index (κ2) is 7.23. The van der Waals surface area contributed by atoms with E-state index in [1.165, 1.54) is 12.3 Å². The van der Waals surface area contributed by atoms with Crippen LogP contribution in [0.5, 0.6) is 0 Å². The zero-order valence-corrected chi connectivity index (χ0v) is 12.8. The minimum absolute atomic E-state index is 0.0526. The largest absolute Gasteiger partial charge is 0.417 e. The van der Waals surface area contributed by atoms with E-state index in [0.717, 1.165) is 6.07 Å². The second-order valence-electron chi connectivity index (χ2n) is 4.61. The van der Waals surface area contributed by atoms with Crippen LogP contribution in [-0.2, 0) is 6.18 Å². The predicted molar refractivity (Wildman–Crippen MR) is 83.0 cm³/mol. The Morgan fingerprint density at radius 1 is 1.33 bits per heavy atom. The normalized spacial score (nSPS) is 11.0. The van der Waals surface area contributed by atoms with Gasteiger partial charge in [-0.1, -0.05) is 11.6 Å². The number of alkyl halides is 3. The van der Waals surface area contributed by atoms with Crippen LogP contribution in [0.4, 0.5) is 24.7 Å². The Balaban J connectivity index is 1.95. The van der Waals surface area contributed by atoms with E-state index in [-0.39, 0.29) is 29.5 Å². The molecule has 0 bridgehead atoms. The van der Waals surface area contributed by atoms with Gasteiger partial charge in [-0.05, 0) is 12.1 Å². The molecular formula is C14H11ClF3N5O. The number of nitrogens with one attached hydrogen (secondary N) is 3. The quantitative estimate of drug-likeness (QED) is 0.715. The number of halogens is 4. The number of rotatable bonds is 5. The molecule has 0 amide bonds. The fourth-order valence-electron chi connectivity index (χ4n) is 1.84. The molecule has 0 saturated heterocycles. The van der Waals surface area contributed by atoms with Gasteiger partial charge in [0, 0.05) is 25.5 Å². The number of anilines is 2. The van der Waals surface area contributed by atoms with E-state index >= 15 is 0 Å². The summed E-state index contributed by atoms with van der Waals surface area (Å²) in [6.45, 7) is 0.549. The molecule has 0 spiro atoms. The summed E-state index contributed by atoms with van der Waals surface area (Å²) in [5.74, 6) is 0.109. The van der Waals surface area contributed by atoms with Crippen LogP contribution < -0.4 is 16.2 Å². The maximum absolute atomic E-state index is 12.5. The molecule has 6 nitrogen and oxygen atoms in total. The summed E-state index contributed by atoms with van der Waals surface area (Å²) in [7, 11) is 0. The Labute approximate surface area is 139 Å². The van der Waals surface area contributed by atoms with Gasteiger partial charge >= 0.3 is 6.18 Å². The average molecular weight is 358 g/mol. The van der Waals surface area contributed by atoms with Crippen LogP contribution in [0, 0.1) is 11.3 Å².